The summed E-state index contributed by atoms with van der Waals surface area (Å²) in [5.41, 5.74) is 4.18. The summed E-state index contributed by atoms with van der Waals surface area (Å²) in [6.07, 6.45) is 8.56. The van der Waals surface area contributed by atoms with Gasteiger partial charge in [0.25, 0.3) is 0 Å². The highest BCUT2D eigenvalue weighted by molar-refractivity contribution is 5.99. The van der Waals surface area contributed by atoms with E-state index in [4.69, 9.17) is 11.2 Å². The maximum Gasteiger partial charge on any atom is 0.324 e. The minimum Gasteiger partial charge on any atom is -0.493 e. The van der Waals surface area contributed by atoms with Crippen molar-refractivity contribution in [2.24, 2.45) is 0 Å². The van der Waals surface area contributed by atoms with E-state index in [0.717, 1.165) is 34.6 Å². The maximum atomic E-state index is 12.4. The number of anilines is 2. The van der Waals surface area contributed by atoms with Crippen LogP contribution in [0, 0.1) is 12.3 Å². The van der Waals surface area contributed by atoms with Gasteiger partial charge in [0.05, 0.1) is 23.3 Å². The molecule has 0 atom stereocenters. The molecule has 0 aliphatic rings. The number of nitrogens with one attached hydrogen (secondary N) is 3. The van der Waals surface area contributed by atoms with E-state index in [1.54, 1.807) is 6.33 Å². The maximum absolute atomic E-state index is 12.4. The largest absolute Gasteiger partial charge is 0.493 e. The number of imidazole rings is 1. The molecular formula is C26H28N6O2. The van der Waals surface area contributed by atoms with Crippen LogP contribution in [0.2, 0.25) is 0 Å². The van der Waals surface area contributed by atoms with Crippen LogP contribution in [-0.2, 0) is 5.41 Å². The number of unbranched alkanes of at least 4 members (excludes halogenated alkanes) is 1. The summed E-state index contributed by atoms with van der Waals surface area (Å²) in [5.74, 6) is 3.92. The van der Waals surface area contributed by atoms with Gasteiger partial charge in [0, 0.05) is 35.3 Å². The van der Waals surface area contributed by atoms with E-state index in [1.807, 2.05) is 53.1 Å². The molecule has 3 N–H and O–H groups in total. The number of terminal acetylenes is 1. The van der Waals surface area contributed by atoms with E-state index in [-0.39, 0.29) is 11.4 Å². The summed E-state index contributed by atoms with van der Waals surface area (Å²) in [6, 6.07) is 14.9. The van der Waals surface area contributed by atoms with Crippen molar-refractivity contribution < 1.29 is 9.53 Å². The molecule has 0 aliphatic carbocycles. The van der Waals surface area contributed by atoms with E-state index in [0.29, 0.717) is 24.5 Å². The van der Waals surface area contributed by atoms with Crippen LogP contribution in [-0.4, -0.2) is 32.4 Å². The Morgan fingerprint density at radius 3 is 2.65 bits per heavy atom. The van der Waals surface area contributed by atoms with E-state index < -0.39 is 0 Å². The molecule has 0 aliphatic heterocycles. The van der Waals surface area contributed by atoms with Gasteiger partial charge in [-0.05, 0) is 42.8 Å². The Bertz CT molecular complexity index is 1320. The summed E-state index contributed by atoms with van der Waals surface area (Å²) >= 11 is 0. The Labute approximate surface area is 198 Å². The number of aromatic nitrogens is 4. The molecule has 0 saturated carbocycles. The van der Waals surface area contributed by atoms with E-state index in [9.17, 15) is 4.79 Å². The molecule has 4 rings (SSSR count). The molecule has 34 heavy (non-hydrogen) atoms. The third-order valence-electron chi connectivity index (χ3n) is 5.25. The number of hydrogen-bond acceptors (Lipinski definition) is 4. The number of carbonyl (C=O) groups excluding carboxylic acids is 1. The first-order chi connectivity index (χ1) is 16.3. The highest BCUT2D eigenvalue weighted by Gasteiger charge is 2.18. The zero-order chi connectivity index (χ0) is 24.1. The molecule has 2 aromatic heterocycles. The molecule has 0 saturated heterocycles. The standard InChI is InChI=1S/C26H28N6O2/c1-5-6-7-14-34-20-12-13-22-21(15-20)27-17-32(22)19-10-8-18(9-11-19)28-25(33)29-24-16-23(30-31-24)26(2,3)4/h1,8-13,15-17H,6-7,14H2,2-4H3,(H3,28,29,30,31,33). The lowest BCUT2D eigenvalue weighted by atomic mass is 9.92. The van der Waals surface area contributed by atoms with Gasteiger partial charge in [-0.2, -0.15) is 5.10 Å². The van der Waals surface area contributed by atoms with Gasteiger partial charge in [-0.1, -0.05) is 20.8 Å². The zero-order valence-corrected chi connectivity index (χ0v) is 19.6. The van der Waals surface area contributed by atoms with Crippen molar-refractivity contribution in [2.45, 2.75) is 39.0 Å². The lowest BCUT2D eigenvalue weighted by Crippen LogP contribution is -2.19. The Kier molecular flexibility index (Phi) is 6.55. The highest BCUT2D eigenvalue weighted by Crippen LogP contribution is 2.24. The second-order valence-electron chi connectivity index (χ2n) is 8.96. The molecule has 4 aromatic rings. The lowest BCUT2D eigenvalue weighted by Gasteiger charge is -2.13. The van der Waals surface area contributed by atoms with Crippen LogP contribution >= 0.6 is 0 Å². The molecule has 8 nitrogen and oxygen atoms in total. The van der Waals surface area contributed by atoms with Crippen LogP contribution in [0.3, 0.4) is 0 Å². The summed E-state index contributed by atoms with van der Waals surface area (Å²) in [6.45, 7) is 6.77. The topological polar surface area (TPSA) is 96.9 Å². The number of amides is 2. The zero-order valence-electron chi connectivity index (χ0n) is 19.6. The van der Waals surface area contributed by atoms with Crippen LogP contribution in [0.25, 0.3) is 16.7 Å². The molecular weight excluding hydrogens is 428 g/mol. The van der Waals surface area contributed by atoms with Crippen molar-refractivity contribution in [1.82, 2.24) is 19.7 Å². The monoisotopic (exact) mass is 456 g/mol. The third-order valence-corrected chi connectivity index (χ3v) is 5.25. The van der Waals surface area contributed by atoms with Gasteiger partial charge >= 0.3 is 6.03 Å². The first-order valence-corrected chi connectivity index (χ1v) is 11.1. The Hall–Kier alpha value is -4.25. The van der Waals surface area contributed by atoms with Gasteiger partial charge in [-0.3, -0.25) is 15.0 Å². The number of rotatable bonds is 7. The fourth-order valence-electron chi connectivity index (χ4n) is 3.41. The molecule has 0 unspecified atom stereocenters. The fourth-order valence-corrected chi connectivity index (χ4v) is 3.41. The molecule has 2 heterocycles. The smallest absolute Gasteiger partial charge is 0.324 e. The SMILES string of the molecule is C#CCCCOc1ccc2c(c1)ncn2-c1ccc(NC(=O)Nc2cc(C(C)(C)C)n[nH]2)cc1. The van der Waals surface area contributed by atoms with Crippen molar-refractivity contribution in [1.29, 1.82) is 0 Å². The second kappa shape index (κ2) is 9.71. The number of fused-ring (bicyclic) bond motifs is 1. The van der Waals surface area contributed by atoms with Gasteiger partial charge in [-0.15, -0.1) is 12.3 Å². The van der Waals surface area contributed by atoms with Gasteiger partial charge in [0.15, 0.2) is 0 Å². The molecule has 174 valence electrons. The summed E-state index contributed by atoms with van der Waals surface area (Å²) in [7, 11) is 0. The van der Waals surface area contributed by atoms with E-state index in [1.165, 1.54) is 0 Å². The van der Waals surface area contributed by atoms with E-state index in [2.05, 4.69) is 52.5 Å². The first kappa shape index (κ1) is 22.9. The van der Waals surface area contributed by atoms with Crippen molar-refractivity contribution in [2.75, 3.05) is 17.2 Å². The van der Waals surface area contributed by atoms with Gasteiger partial charge in [0.2, 0.25) is 0 Å². The average molecular weight is 457 g/mol. The van der Waals surface area contributed by atoms with Crippen LogP contribution in [0.1, 0.15) is 39.3 Å². The molecule has 0 fully saturated rings. The number of nitrogens with zero attached hydrogens (tertiary/aromatic N) is 3. The average Bonchev–Trinajstić information content (AvgIpc) is 3.44. The summed E-state index contributed by atoms with van der Waals surface area (Å²) in [5, 5.41) is 12.7. The number of benzene rings is 2. The number of ether oxygens (including phenoxy) is 1. The number of H-pyrrole nitrogens is 1. The Morgan fingerprint density at radius 2 is 1.94 bits per heavy atom. The van der Waals surface area contributed by atoms with E-state index >= 15 is 0 Å². The molecule has 0 bridgehead atoms. The molecule has 2 aromatic carbocycles. The molecule has 2 amide bonds. The fraction of sp³-hybridized carbons (Fsp3) is 0.269. The Morgan fingerprint density at radius 1 is 1.15 bits per heavy atom. The van der Waals surface area contributed by atoms with Gasteiger partial charge < -0.3 is 10.1 Å². The quantitative estimate of drug-likeness (QED) is 0.253. The number of hydrogen-bond donors (Lipinski definition) is 3. The van der Waals surface area contributed by atoms with Crippen LogP contribution in [0.5, 0.6) is 5.75 Å². The number of aromatic amines is 1. The predicted molar refractivity (Wildman–Crippen MR) is 135 cm³/mol. The lowest BCUT2D eigenvalue weighted by molar-refractivity contribution is 0.262. The second-order valence-corrected chi connectivity index (χ2v) is 8.96. The minimum atomic E-state index is -0.347. The normalized spacial score (nSPS) is 11.2. The van der Waals surface area contributed by atoms with Crippen LogP contribution < -0.4 is 15.4 Å². The third kappa shape index (κ3) is 5.38. The molecule has 8 heteroatoms. The number of carbonyl (C=O) groups is 1. The van der Waals surface area contributed by atoms with Crippen LogP contribution in [0.15, 0.2) is 54.9 Å². The first-order valence-electron chi connectivity index (χ1n) is 11.1. The summed E-state index contributed by atoms with van der Waals surface area (Å²) in [4.78, 5) is 16.9. The van der Waals surface area contributed by atoms with Crippen molar-refractivity contribution in [3.05, 3.63) is 60.6 Å². The van der Waals surface area contributed by atoms with Crippen molar-refractivity contribution >= 4 is 28.6 Å². The number of urea groups is 1. The predicted octanol–water partition coefficient (Wildman–Crippen LogP) is 5.48. The Balaban J connectivity index is 1.39. The van der Waals surface area contributed by atoms with Crippen molar-refractivity contribution in [3.63, 3.8) is 0 Å². The van der Waals surface area contributed by atoms with Gasteiger partial charge in [-0.25, -0.2) is 9.78 Å². The van der Waals surface area contributed by atoms with Crippen LogP contribution in [0.4, 0.5) is 16.3 Å². The highest BCUT2D eigenvalue weighted by atomic mass is 16.5. The van der Waals surface area contributed by atoms with Crippen molar-refractivity contribution in [3.8, 4) is 23.8 Å². The van der Waals surface area contributed by atoms with Gasteiger partial charge in [0.1, 0.15) is 17.9 Å². The molecule has 0 radical (unpaired) electrons. The molecule has 0 spiro atoms. The minimum absolute atomic E-state index is 0.100. The summed E-state index contributed by atoms with van der Waals surface area (Å²) < 4.78 is 7.73.